The molecule has 1 fully saturated rings. The van der Waals surface area contributed by atoms with Gasteiger partial charge in [0.2, 0.25) is 0 Å². The van der Waals surface area contributed by atoms with Gasteiger partial charge >= 0.3 is 0 Å². The van der Waals surface area contributed by atoms with Crippen LogP contribution in [0.25, 0.3) is 0 Å². The lowest BCUT2D eigenvalue weighted by atomic mass is 10.2. The average molecular weight is 285 g/mol. The molecule has 1 aliphatic carbocycles. The third-order valence-corrected chi connectivity index (χ3v) is 3.35. The van der Waals surface area contributed by atoms with E-state index in [9.17, 15) is 9.18 Å². The summed E-state index contributed by atoms with van der Waals surface area (Å²) in [6, 6.07) is 9.45. The fourth-order valence-corrected chi connectivity index (χ4v) is 1.99. The van der Waals surface area contributed by atoms with Crippen molar-refractivity contribution in [2.24, 2.45) is 0 Å². The number of benzene rings is 1. The number of rotatable bonds is 5. The molecule has 1 saturated carbocycles. The van der Waals surface area contributed by atoms with Crippen molar-refractivity contribution in [3.8, 4) is 0 Å². The number of carbonyl (C=O) groups excluding carboxylic acids is 1. The van der Waals surface area contributed by atoms with Gasteiger partial charge in [-0.3, -0.25) is 9.78 Å². The molecule has 0 radical (unpaired) electrons. The molecule has 21 heavy (non-hydrogen) atoms. The number of aromatic nitrogens is 1. The summed E-state index contributed by atoms with van der Waals surface area (Å²) in [6.45, 7) is 0.840. The van der Waals surface area contributed by atoms with Crippen LogP contribution in [0.1, 0.15) is 28.8 Å². The quantitative estimate of drug-likeness (QED) is 0.888. The molecule has 1 heterocycles. The SMILES string of the molecule is O=C(Nc1ccc(CNC2CC2)cc1)c1cncc(F)c1. The van der Waals surface area contributed by atoms with Gasteiger partial charge in [-0.15, -0.1) is 0 Å². The molecule has 0 unspecified atom stereocenters. The molecule has 0 aliphatic heterocycles. The maximum atomic E-state index is 13.0. The fourth-order valence-electron chi connectivity index (χ4n) is 1.99. The van der Waals surface area contributed by atoms with Crippen LogP contribution in [0, 0.1) is 5.82 Å². The van der Waals surface area contributed by atoms with Crippen molar-refractivity contribution in [1.82, 2.24) is 10.3 Å². The predicted molar refractivity (Wildman–Crippen MR) is 78.5 cm³/mol. The number of nitrogens with one attached hydrogen (secondary N) is 2. The summed E-state index contributed by atoms with van der Waals surface area (Å²) in [5, 5.41) is 6.15. The first-order chi connectivity index (χ1) is 10.2. The van der Waals surface area contributed by atoms with E-state index in [0.29, 0.717) is 11.7 Å². The Morgan fingerprint density at radius 1 is 1.24 bits per heavy atom. The van der Waals surface area contributed by atoms with Gasteiger partial charge in [-0.1, -0.05) is 12.1 Å². The molecular formula is C16H16FN3O. The van der Waals surface area contributed by atoms with Crippen molar-refractivity contribution in [2.75, 3.05) is 5.32 Å². The molecule has 2 N–H and O–H groups in total. The van der Waals surface area contributed by atoms with Crippen LogP contribution in [0.5, 0.6) is 0 Å². The zero-order valence-electron chi connectivity index (χ0n) is 11.5. The van der Waals surface area contributed by atoms with Crippen LogP contribution < -0.4 is 10.6 Å². The van der Waals surface area contributed by atoms with E-state index in [0.717, 1.165) is 18.8 Å². The van der Waals surface area contributed by atoms with Gasteiger partial charge in [0.25, 0.3) is 5.91 Å². The van der Waals surface area contributed by atoms with Gasteiger partial charge in [0.05, 0.1) is 11.8 Å². The second kappa shape index (κ2) is 6.01. The van der Waals surface area contributed by atoms with Crippen LogP contribution in [-0.2, 0) is 6.54 Å². The number of hydrogen-bond donors (Lipinski definition) is 2. The summed E-state index contributed by atoms with van der Waals surface area (Å²) in [7, 11) is 0. The predicted octanol–water partition coefficient (Wildman–Crippen LogP) is 2.73. The maximum Gasteiger partial charge on any atom is 0.257 e. The summed E-state index contributed by atoms with van der Waals surface area (Å²) in [4.78, 5) is 15.6. The largest absolute Gasteiger partial charge is 0.322 e. The van der Waals surface area contributed by atoms with Crippen molar-refractivity contribution in [2.45, 2.75) is 25.4 Å². The minimum absolute atomic E-state index is 0.203. The highest BCUT2D eigenvalue weighted by Gasteiger charge is 2.19. The lowest BCUT2D eigenvalue weighted by molar-refractivity contribution is 0.102. The van der Waals surface area contributed by atoms with E-state index < -0.39 is 5.82 Å². The minimum Gasteiger partial charge on any atom is -0.322 e. The third kappa shape index (κ3) is 3.86. The van der Waals surface area contributed by atoms with Crippen LogP contribution in [0.3, 0.4) is 0 Å². The Kier molecular flexibility index (Phi) is 3.92. The van der Waals surface area contributed by atoms with Crippen LogP contribution in [0.15, 0.2) is 42.7 Å². The van der Waals surface area contributed by atoms with Crippen LogP contribution in [-0.4, -0.2) is 16.9 Å². The number of anilines is 1. The van der Waals surface area contributed by atoms with E-state index in [1.54, 1.807) is 0 Å². The molecule has 2 aromatic rings. The van der Waals surface area contributed by atoms with Crippen molar-refractivity contribution in [3.05, 3.63) is 59.7 Å². The first-order valence-corrected chi connectivity index (χ1v) is 6.95. The second-order valence-electron chi connectivity index (χ2n) is 5.20. The molecule has 3 rings (SSSR count). The first-order valence-electron chi connectivity index (χ1n) is 6.95. The first kappa shape index (κ1) is 13.7. The normalized spacial score (nSPS) is 14.0. The Labute approximate surface area is 122 Å². The molecule has 1 amide bonds. The van der Waals surface area contributed by atoms with Gasteiger partial charge in [0.15, 0.2) is 0 Å². The smallest absolute Gasteiger partial charge is 0.257 e. The molecule has 1 aromatic carbocycles. The molecule has 0 saturated heterocycles. The molecule has 0 spiro atoms. The number of pyridine rings is 1. The van der Waals surface area contributed by atoms with Crippen molar-refractivity contribution < 1.29 is 9.18 Å². The van der Waals surface area contributed by atoms with E-state index in [1.165, 1.54) is 24.6 Å². The Bertz CT molecular complexity index is 638. The maximum absolute atomic E-state index is 13.0. The van der Waals surface area contributed by atoms with Gasteiger partial charge in [-0.2, -0.15) is 0 Å². The van der Waals surface area contributed by atoms with Crippen LogP contribution in [0.2, 0.25) is 0 Å². The molecule has 108 valence electrons. The zero-order chi connectivity index (χ0) is 14.7. The lowest BCUT2D eigenvalue weighted by Crippen LogP contribution is -2.15. The Morgan fingerprint density at radius 3 is 2.67 bits per heavy atom. The molecule has 5 heteroatoms. The monoisotopic (exact) mass is 285 g/mol. The highest BCUT2D eigenvalue weighted by atomic mass is 19.1. The summed E-state index contributed by atoms with van der Waals surface area (Å²) >= 11 is 0. The van der Waals surface area contributed by atoms with E-state index in [2.05, 4.69) is 15.6 Å². The highest BCUT2D eigenvalue weighted by Crippen LogP contribution is 2.19. The van der Waals surface area contributed by atoms with E-state index in [4.69, 9.17) is 0 Å². The van der Waals surface area contributed by atoms with Gasteiger partial charge < -0.3 is 10.6 Å². The molecular weight excluding hydrogens is 269 g/mol. The Hall–Kier alpha value is -2.27. The van der Waals surface area contributed by atoms with Crippen molar-refractivity contribution >= 4 is 11.6 Å². The lowest BCUT2D eigenvalue weighted by Gasteiger charge is -2.07. The summed E-state index contributed by atoms with van der Waals surface area (Å²) in [6.07, 6.45) is 4.93. The number of nitrogens with zero attached hydrogens (tertiary/aromatic N) is 1. The standard InChI is InChI=1S/C16H16FN3O/c17-13-7-12(9-18-10-13)16(21)20-15-3-1-11(2-4-15)8-19-14-5-6-14/h1-4,7,9-10,14,19H,5-6,8H2,(H,20,21). The van der Waals surface area contributed by atoms with Crippen LogP contribution in [0.4, 0.5) is 10.1 Å². The molecule has 4 nitrogen and oxygen atoms in total. The zero-order valence-corrected chi connectivity index (χ0v) is 11.5. The van der Waals surface area contributed by atoms with Crippen molar-refractivity contribution in [1.29, 1.82) is 0 Å². The van der Waals surface area contributed by atoms with Gasteiger partial charge in [-0.05, 0) is 36.6 Å². The fraction of sp³-hybridized carbons (Fsp3) is 0.250. The summed E-state index contributed by atoms with van der Waals surface area (Å²) < 4.78 is 13.0. The topological polar surface area (TPSA) is 54.0 Å². The van der Waals surface area contributed by atoms with E-state index in [-0.39, 0.29) is 11.5 Å². The highest BCUT2D eigenvalue weighted by molar-refractivity contribution is 6.04. The van der Waals surface area contributed by atoms with Crippen molar-refractivity contribution in [3.63, 3.8) is 0 Å². The van der Waals surface area contributed by atoms with Gasteiger partial charge in [0, 0.05) is 24.5 Å². The Balaban J connectivity index is 1.60. The number of hydrogen-bond acceptors (Lipinski definition) is 3. The number of amides is 1. The van der Waals surface area contributed by atoms with E-state index in [1.807, 2.05) is 24.3 Å². The van der Waals surface area contributed by atoms with Crippen LogP contribution >= 0.6 is 0 Å². The molecule has 1 aromatic heterocycles. The summed E-state index contributed by atoms with van der Waals surface area (Å²) in [5.41, 5.74) is 2.06. The average Bonchev–Trinajstić information content (AvgIpc) is 3.31. The third-order valence-electron chi connectivity index (χ3n) is 3.35. The molecule has 1 aliphatic rings. The second-order valence-corrected chi connectivity index (χ2v) is 5.20. The number of carbonyl (C=O) groups is 1. The van der Waals surface area contributed by atoms with Gasteiger partial charge in [-0.25, -0.2) is 4.39 Å². The number of halogens is 1. The molecule has 0 bridgehead atoms. The minimum atomic E-state index is -0.524. The van der Waals surface area contributed by atoms with Gasteiger partial charge in [0.1, 0.15) is 5.82 Å². The Morgan fingerprint density at radius 2 is 2.00 bits per heavy atom. The van der Waals surface area contributed by atoms with E-state index >= 15 is 0 Å². The molecule has 0 atom stereocenters. The summed E-state index contributed by atoms with van der Waals surface area (Å²) in [5.74, 6) is -0.894.